The molecule has 194 valence electrons. The molecule has 0 saturated carbocycles. The lowest BCUT2D eigenvalue weighted by Crippen LogP contribution is -2.43. The first-order valence-corrected chi connectivity index (χ1v) is 12.7. The van der Waals surface area contributed by atoms with E-state index in [2.05, 4.69) is 67.8 Å². The van der Waals surface area contributed by atoms with Gasteiger partial charge in [-0.3, -0.25) is 4.99 Å². The second kappa shape index (κ2) is 14.1. The Kier molecular flexibility index (Phi) is 11.3. The molecular formula is C34H41FN2. The zero-order chi connectivity index (χ0) is 27.4. The molecule has 0 aliphatic heterocycles. The van der Waals surface area contributed by atoms with Crippen molar-refractivity contribution in [3.05, 3.63) is 145 Å². The fourth-order valence-corrected chi connectivity index (χ4v) is 5.12. The predicted octanol–water partition coefficient (Wildman–Crippen LogP) is 8.46. The number of benzene rings is 2. The van der Waals surface area contributed by atoms with Crippen LogP contribution in [0, 0.1) is 5.92 Å². The molecule has 0 bridgehead atoms. The quantitative estimate of drug-likeness (QED) is 0.158. The topological polar surface area (TPSA) is 24.4 Å². The molecule has 0 amide bonds. The number of alkyl halides is 1. The first-order chi connectivity index (χ1) is 17.8. The Balaban J connectivity index is 2.66. The van der Waals surface area contributed by atoms with Crippen LogP contribution in [0.1, 0.15) is 43.9 Å². The van der Waals surface area contributed by atoms with Crippen LogP contribution in [0.25, 0.3) is 0 Å². The molecule has 0 saturated heterocycles. The Labute approximate surface area is 223 Å². The number of halogens is 1. The van der Waals surface area contributed by atoms with Gasteiger partial charge in [-0.05, 0) is 67.6 Å². The molecule has 3 atom stereocenters. The summed E-state index contributed by atoms with van der Waals surface area (Å²) in [4.78, 5) is 4.54. The molecule has 0 aliphatic carbocycles. The average Bonchev–Trinajstić information content (AvgIpc) is 2.90. The molecule has 0 aliphatic rings. The Bertz CT molecular complexity index is 1180. The Morgan fingerprint density at radius 3 is 2.30 bits per heavy atom. The minimum Gasteiger partial charge on any atom is -0.363 e. The maximum absolute atomic E-state index is 16.0. The third-order valence-corrected chi connectivity index (χ3v) is 6.92. The lowest BCUT2D eigenvalue weighted by Gasteiger charge is -2.43. The van der Waals surface area contributed by atoms with Crippen molar-refractivity contribution in [1.29, 1.82) is 0 Å². The minimum absolute atomic E-state index is 0.301. The molecular weight excluding hydrogens is 455 g/mol. The van der Waals surface area contributed by atoms with Crippen LogP contribution in [0.15, 0.2) is 133 Å². The lowest BCUT2D eigenvalue weighted by molar-refractivity contribution is 0.194. The van der Waals surface area contributed by atoms with Crippen molar-refractivity contribution in [1.82, 2.24) is 5.32 Å². The number of rotatable bonds is 14. The van der Waals surface area contributed by atoms with Gasteiger partial charge < -0.3 is 5.32 Å². The highest BCUT2D eigenvalue weighted by Crippen LogP contribution is 2.46. The molecule has 37 heavy (non-hydrogen) atoms. The highest BCUT2D eigenvalue weighted by molar-refractivity contribution is 6.12. The molecule has 0 heterocycles. The molecule has 0 fully saturated rings. The summed E-state index contributed by atoms with van der Waals surface area (Å²) in [5.41, 5.74) is 5.46. The van der Waals surface area contributed by atoms with Gasteiger partial charge in [0.05, 0.1) is 11.1 Å². The molecule has 0 aromatic heterocycles. The molecule has 1 N–H and O–H groups in total. The van der Waals surface area contributed by atoms with E-state index in [9.17, 15) is 0 Å². The van der Waals surface area contributed by atoms with Crippen molar-refractivity contribution in [2.24, 2.45) is 10.9 Å². The minimum atomic E-state index is -1.20. The van der Waals surface area contributed by atoms with Crippen molar-refractivity contribution in [2.45, 2.75) is 45.2 Å². The summed E-state index contributed by atoms with van der Waals surface area (Å²) in [7, 11) is 1.81. The fourth-order valence-electron chi connectivity index (χ4n) is 5.12. The number of hydrogen-bond donors (Lipinski definition) is 1. The van der Waals surface area contributed by atoms with Crippen LogP contribution in [0.2, 0.25) is 0 Å². The number of allylic oxidation sites excluding steroid dienone is 6. The third kappa shape index (κ3) is 6.74. The van der Waals surface area contributed by atoms with Crippen molar-refractivity contribution in [2.75, 3.05) is 7.05 Å². The van der Waals surface area contributed by atoms with E-state index in [0.717, 1.165) is 33.5 Å². The summed E-state index contributed by atoms with van der Waals surface area (Å²) < 4.78 is 16.0. The van der Waals surface area contributed by atoms with Gasteiger partial charge in [0, 0.05) is 18.7 Å². The van der Waals surface area contributed by atoms with E-state index in [0.29, 0.717) is 18.5 Å². The first kappa shape index (κ1) is 29.5. The lowest BCUT2D eigenvalue weighted by atomic mass is 9.62. The Hall–Kier alpha value is -3.72. The number of nitrogens with zero attached hydrogens (tertiary/aromatic N) is 1. The SMILES string of the molecule is C=CCC(C(=C)C(=C)NC=C)C(C=CC)(c1ccccc1C/C=C(/C)C(=NC)c1ccccc1)C(C)F. The smallest absolute Gasteiger partial charge is 0.111 e. The zero-order valence-electron chi connectivity index (χ0n) is 22.8. The average molecular weight is 497 g/mol. The normalized spacial score (nSPS) is 15.5. The maximum atomic E-state index is 16.0. The van der Waals surface area contributed by atoms with E-state index < -0.39 is 11.6 Å². The van der Waals surface area contributed by atoms with Gasteiger partial charge in [-0.1, -0.05) is 98.6 Å². The standard InChI is InChI=1S/C34H41FN2/c1-9-17-31(26(5)27(6)37-11-3)34(24-10-2,28(7)35)32-21-16-15-18-29(32)23-22-25(4)33(36-8)30-19-13-12-14-20-30/h9-16,18-22,24,28,31,37H,1,3,5-6,17,23H2,2,4,7-8H3/b24-10?,25-22-,36-33?. The summed E-state index contributed by atoms with van der Waals surface area (Å²) in [5, 5.41) is 3.04. The summed E-state index contributed by atoms with van der Waals surface area (Å²) in [6.07, 6.45) is 9.45. The van der Waals surface area contributed by atoms with Crippen LogP contribution in [0.5, 0.6) is 0 Å². The van der Waals surface area contributed by atoms with E-state index in [1.165, 1.54) is 0 Å². The van der Waals surface area contributed by atoms with Gasteiger partial charge >= 0.3 is 0 Å². The summed E-state index contributed by atoms with van der Waals surface area (Å²) >= 11 is 0. The molecule has 2 aromatic rings. The molecule has 0 radical (unpaired) electrons. The van der Waals surface area contributed by atoms with Gasteiger partial charge in [0.15, 0.2) is 0 Å². The van der Waals surface area contributed by atoms with Crippen LogP contribution < -0.4 is 5.32 Å². The zero-order valence-corrected chi connectivity index (χ0v) is 22.8. The van der Waals surface area contributed by atoms with Crippen LogP contribution in [0.3, 0.4) is 0 Å². The van der Waals surface area contributed by atoms with Gasteiger partial charge in [0.2, 0.25) is 0 Å². The van der Waals surface area contributed by atoms with E-state index >= 15 is 4.39 Å². The van der Waals surface area contributed by atoms with Crippen molar-refractivity contribution >= 4 is 5.71 Å². The van der Waals surface area contributed by atoms with Gasteiger partial charge in [0.1, 0.15) is 6.17 Å². The molecule has 3 unspecified atom stereocenters. The van der Waals surface area contributed by atoms with Gasteiger partial charge in [-0.2, -0.15) is 0 Å². The molecule has 3 heteroatoms. The molecule has 2 aromatic carbocycles. The highest BCUT2D eigenvalue weighted by atomic mass is 19.1. The number of hydrogen-bond acceptors (Lipinski definition) is 2. The van der Waals surface area contributed by atoms with Gasteiger partial charge in [0.25, 0.3) is 0 Å². The van der Waals surface area contributed by atoms with E-state index in [1.54, 1.807) is 13.1 Å². The Morgan fingerprint density at radius 1 is 1.08 bits per heavy atom. The molecule has 2 rings (SSSR count). The van der Waals surface area contributed by atoms with Crippen molar-refractivity contribution in [3.8, 4) is 0 Å². The van der Waals surface area contributed by atoms with Crippen molar-refractivity contribution < 1.29 is 4.39 Å². The largest absolute Gasteiger partial charge is 0.363 e. The second-order valence-corrected chi connectivity index (χ2v) is 9.16. The fraction of sp³-hybridized carbons (Fsp3) is 0.265. The summed E-state index contributed by atoms with van der Waals surface area (Å²) in [6, 6.07) is 18.2. The first-order valence-electron chi connectivity index (χ1n) is 12.7. The number of aliphatic imine (C=N–C) groups is 1. The van der Waals surface area contributed by atoms with Crippen LogP contribution in [-0.4, -0.2) is 18.9 Å². The van der Waals surface area contributed by atoms with Gasteiger partial charge in [-0.25, -0.2) is 4.39 Å². The van der Waals surface area contributed by atoms with Crippen LogP contribution in [0.4, 0.5) is 4.39 Å². The third-order valence-electron chi connectivity index (χ3n) is 6.92. The Morgan fingerprint density at radius 2 is 1.73 bits per heavy atom. The van der Waals surface area contributed by atoms with Crippen molar-refractivity contribution in [3.63, 3.8) is 0 Å². The van der Waals surface area contributed by atoms with E-state index in [1.807, 2.05) is 68.6 Å². The maximum Gasteiger partial charge on any atom is 0.111 e. The summed E-state index contributed by atoms with van der Waals surface area (Å²) in [6.45, 7) is 21.8. The van der Waals surface area contributed by atoms with Crippen LogP contribution in [-0.2, 0) is 11.8 Å². The summed E-state index contributed by atoms with van der Waals surface area (Å²) in [5.74, 6) is -0.301. The highest BCUT2D eigenvalue weighted by Gasteiger charge is 2.45. The number of nitrogens with one attached hydrogen (secondary N) is 1. The molecule has 2 nitrogen and oxygen atoms in total. The molecule has 0 spiro atoms. The van der Waals surface area contributed by atoms with E-state index in [-0.39, 0.29) is 5.92 Å². The van der Waals surface area contributed by atoms with E-state index in [4.69, 9.17) is 0 Å². The monoisotopic (exact) mass is 496 g/mol. The van der Waals surface area contributed by atoms with Gasteiger partial charge in [-0.15, -0.1) is 6.58 Å². The predicted molar refractivity (Wildman–Crippen MR) is 160 cm³/mol. The van der Waals surface area contributed by atoms with Crippen LogP contribution >= 0.6 is 0 Å². The second-order valence-electron chi connectivity index (χ2n) is 9.16.